The van der Waals surface area contributed by atoms with Gasteiger partial charge in [-0.15, -0.1) is 0 Å². The van der Waals surface area contributed by atoms with Crippen molar-refractivity contribution in [1.29, 1.82) is 0 Å². The average Bonchev–Trinajstić information content (AvgIpc) is 2.90. The Bertz CT molecular complexity index is 405. The molecule has 8 heteroatoms. The minimum Gasteiger partial charge on any atom is -0.479 e. The maximum Gasteiger partial charge on any atom is 0.308 e. The van der Waals surface area contributed by atoms with E-state index in [1.807, 2.05) is 6.92 Å². The number of carbonyl (C=O) groups excluding carboxylic acids is 2. The number of hydrogen-bond donors (Lipinski definition) is 1. The zero-order chi connectivity index (χ0) is 16.5. The van der Waals surface area contributed by atoms with E-state index in [0.29, 0.717) is 30.4 Å². The second kappa shape index (κ2) is 10.0. The number of esters is 1. The number of thioether (sulfide) groups is 1. The van der Waals surface area contributed by atoms with Crippen molar-refractivity contribution in [2.45, 2.75) is 38.5 Å². The Morgan fingerprint density at radius 1 is 1.50 bits per heavy atom. The first-order chi connectivity index (χ1) is 10.5. The number of ether oxygens (including phenoxy) is 2. The molecular weight excluding hydrogens is 326 g/mol. The number of likely N-dealkylation sites (tertiary alicyclic amines) is 1. The van der Waals surface area contributed by atoms with Crippen LogP contribution in [0.1, 0.15) is 33.1 Å². The molecule has 1 saturated heterocycles. The summed E-state index contributed by atoms with van der Waals surface area (Å²) in [5.74, 6) is -0.691. The van der Waals surface area contributed by atoms with Crippen LogP contribution in [0.2, 0.25) is 0 Å². The maximum absolute atomic E-state index is 12.0. The van der Waals surface area contributed by atoms with Gasteiger partial charge in [-0.1, -0.05) is 18.7 Å². The van der Waals surface area contributed by atoms with E-state index in [9.17, 15) is 9.59 Å². The fraction of sp³-hybridized carbons (Fsp3) is 0.786. The minimum atomic E-state index is -0.387. The molecule has 1 N–H and O–H groups in total. The van der Waals surface area contributed by atoms with Crippen LogP contribution < -0.4 is 0 Å². The van der Waals surface area contributed by atoms with Gasteiger partial charge in [-0.3, -0.25) is 9.59 Å². The van der Waals surface area contributed by atoms with Crippen LogP contribution in [0.3, 0.4) is 0 Å². The zero-order valence-corrected chi connectivity index (χ0v) is 14.6. The lowest BCUT2D eigenvalue weighted by Crippen LogP contribution is -2.37. The highest BCUT2D eigenvalue weighted by molar-refractivity contribution is 8.23. The lowest BCUT2D eigenvalue weighted by atomic mass is 10.1. The van der Waals surface area contributed by atoms with E-state index >= 15 is 0 Å². The van der Waals surface area contributed by atoms with Crippen LogP contribution in [-0.2, 0) is 19.1 Å². The standard InChI is InChI=1S/C14H23NO5S2/c1-3-19-14(21)22-12(15-6-4-5-11(15)17)9-10(2)13(18)20-8-7-16/h10,12,16H,3-9H2,1-2H3. The molecule has 6 nitrogen and oxygen atoms in total. The minimum absolute atomic E-state index is 0.0129. The first-order valence-electron chi connectivity index (χ1n) is 7.40. The van der Waals surface area contributed by atoms with E-state index in [0.717, 1.165) is 6.42 Å². The molecule has 0 aliphatic carbocycles. The van der Waals surface area contributed by atoms with Gasteiger partial charge in [-0.25, -0.2) is 0 Å². The Kier molecular flexibility index (Phi) is 8.74. The summed E-state index contributed by atoms with van der Waals surface area (Å²) < 4.78 is 10.6. The molecule has 2 unspecified atom stereocenters. The molecule has 0 aromatic heterocycles. The second-order valence-corrected chi connectivity index (χ2v) is 6.75. The van der Waals surface area contributed by atoms with E-state index in [1.165, 1.54) is 11.8 Å². The van der Waals surface area contributed by atoms with E-state index in [4.69, 9.17) is 26.8 Å². The summed E-state index contributed by atoms with van der Waals surface area (Å²) in [6.07, 6.45) is 1.79. The van der Waals surface area contributed by atoms with Gasteiger partial charge in [0.25, 0.3) is 0 Å². The van der Waals surface area contributed by atoms with Crippen LogP contribution in [0.4, 0.5) is 0 Å². The van der Waals surface area contributed by atoms with Crippen LogP contribution in [0.15, 0.2) is 0 Å². The van der Waals surface area contributed by atoms with Gasteiger partial charge in [0, 0.05) is 13.0 Å². The van der Waals surface area contributed by atoms with Crippen LogP contribution >= 0.6 is 24.0 Å². The van der Waals surface area contributed by atoms with E-state index in [1.54, 1.807) is 11.8 Å². The second-order valence-electron chi connectivity index (χ2n) is 4.97. The summed E-state index contributed by atoms with van der Waals surface area (Å²) in [6, 6.07) is 0. The van der Waals surface area contributed by atoms with Crippen molar-refractivity contribution < 1.29 is 24.2 Å². The highest BCUT2D eigenvalue weighted by atomic mass is 32.2. The van der Waals surface area contributed by atoms with E-state index < -0.39 is 0 Å². The molecule has 0 aromatic carbocycles. The Balaban J connectivity index is 2.66. The van der Waals surface area contributed by atoms with E-state index in [2.05, 4.69) is 0 Å². The highest BCUT2D eigenvalue weighted by Crippen LogP contribution is 2.29. The predicted molar refractivity (Wildman–Crippen MR) is 88.4 cm³/mol. The molecule has 22 heavy (non-hydrogen) atoms. The van der Waals surface area contributed by atoms with Crippen LogP contribution in [0.5, 0.6) is 0 Å². The number of nitrogens with zero attached hydrogens (tertiary/aromatic N) is 1. The highest BCUT2D eigenvalue weighted by Gasteiger charge is 2.32. The lowest BCUT2D eigenvalue weighted by molar-refractivity contribution is -0.149. The maximum atomic E-state index is 12.0. The number of thiocarbonyl (C=S) groups is 1. The van der Waals surface area contributed by atoms with Crippen LogP contribution in [0, 0.1) is 5.92 Å². The molecule has 1 aliphatic rings. The predicted octanol–water partition coefficient (Wildman–Crippen LogP) is 1.55. The van der Waals surface area contributed by atoms with Crippen LogP contribution in [-0.4, -0.2) is 58.0 Å². The van der Waals surface area contributed by atoms with Gasteiger partial charge in [0.2, 0.25) is 10.3 Å². The lowest BCUT2D eigenvalue weighted by Gasteiger charge is -2.28. The summed E-state index contributed by atoms with van der Waals surface area (Å²) >= 11 is 6.44. The molecule has 1 heterocycles. The van der Waals surface area contributed by atoms with Crippen molar-refractivity contribution in [3.8, 4) is 0 Å². The Morgan fingerprint density at radius 2 is 2.23 bits per heavy atom. The Hall–Kier alpha value is -0.860. The van der Waals surface area contributed by atoms with Gasteiger partial charge >= 0.3 is 5.97 Å². The normalized spacial score (nSPS) is 17.2. The fourth-order valence-corrected chi connectivity index (χ4v) is 3.76. The number of aliphatic hydroxyl groups is 1. The Labute approximate surface area is 140 Å². The summed E-state index contributed by atoms with van der Waals surface area (Å²) in [4.78, 5) is 25.5. The van der Waals surface area contributed by atoms with Crippen molar-refractivity contribution >= 4 is 40.2 Å². The van der Waals surface area contributed by atoms with Crippen LogP contribution in [0.25, 0.3) is 0 Å². The first kappa shape index (κ1) is 19.2. The first-order valence-corrected chi connectivity index (χ1v) is 8.68. The quantitative estimate of drug-likeness (QED) is 0.526. The number of aliphatic hydroxyl groups excluding tert-OH is 1. The summed E-state index contributed by atoms with van der Waals surface area (Å²) in [6.45, 7) is 4.52. The molecule has 0 aromatic rings. The third-order valence-corrected chi connectivity index (χ3v) is 4.68. The number of amides is 1. The smallest absolute Gasteiger partial charge is 0.308 e. The van der Waals surface area contributed by atoms with Gasteiger partial charge in [-0.05, 0) is 32.0 Å². The SMILES string of the molecule is CCOC(=S)SC(CC(C)C(=O)OCCO)N1CCCC1=O. The molecule has 1 rings (SSSR count). The van der Waals surface area contributed by atoms with Gasteiger partial charge in [0.05, 0.1) is 24.5 Å². The monoisotopic (exact) mass is 349 g/mol. The van der Waals surface area contributed by atoms with Gasteiger partial charge in [-0.2, -0.15) is 0 Å². The molecule has 0 radical (unpaired) electrons. The van der Waals surface area contributed by atoms with Gasteiger partial charge < -0.3 is 19.5 Å². The zero-order valence-electron chi connectivity index (χ0n) is 12.9. The summed E-state index contributed by atoms with van der Waals surface area (Å²) in [7, 11) is 0. The molecular formula is C14H23NO5S2. The van der Waals surface area contributed by atoms with Crippen molar-refractivity contribution in [2.24, 2.45) is 5.92 Å². The van der Waals surface area contributed by atoms with E-state index in [-0.39, 0.29) is 36.4 Å². The van der Waals surface area contributed by atoms with Crippen molar-refractivity contribution in [3.63, 3.8) is 0 Å². The van der Waals surface area contributed by atoms with Gasteiger partial charge in [0.1, 0.15) is 6.61 Å². The number of carbonyl (C=O) groups is 2. The topological polar surface area (TPSA) is 76.1 Å². The largest absolute Gasteiger partial charge is 0.479 e. The molecule has 1 aliphatic heterocycles. The Morgan fingerprint density at radius 3 is 2.77 bits per heavy atom. The molecule has 126 valence electrons. The number of rotatable bonds is 8. The molecule has 0 bridgehead atoms. The average molecular weight is 349 g/mol. The molecule has 1 amide bonds. The van der Waals surface area contributed by atoms with Crippen molar-refractivity contribution in [2.75, 3.05) is 26.4 Å². The fourth-order valence-electron chi connectivity index (χ4n) is 2.16. The third-order valence-electron chi connectivity index (χ3n) is 3.25. The molecule has 1 fully saturated rings. The molecule has 0 saturated carbocycles. The summed E-state index contributed by atoms with van der Waals surface area (Å²) in [5.41, 5.74) is 0. The summed E-state index contributed by atoms with van der Waals surface area (Å²) in [5, 5.41) is 8.47. The molecule has 2 atom stereocenters. The van der Waals surface area contributed by atoms with Crippen molar-refractivity contribution in [3.05, 3.63) is 0 Å². The molecule has 0 spiro atoms. The third kappa shape index (κ3) is 6.10. The van der Waals surface area contributed by atoms with Crippen molar-refractivity contribution in [1.82, 2.24) is 4.90 Å². The van der Waals surface area contributed by atoms with Gasteiger partial charge in [0.15, 0.2) is 0 Å². The number of hydrogen-bond acceptors (Lipinski definition) is 7.